The highest BCUT2D eigenvalue weighted by molar-refractivity contribution is 5.80. The highest BCUT2D eigenvalue weighted by Gasteiger charge is 2.34. The summed E-state index contributed by atoms with van der Waals surface area (Å²) in [6.07, 6.45) is 5.01. The molecule has 2 rings (SSSR count). The number of nitrogens with zero attached hydrogens (tertiary/aromatic N) is 1. The van der Waals surface area contributed by atoms with Gasteiger partial charge in [-0.25, -0.2) is 0 Å². The summed E-state index contributed by atoms with van der Waals surface area (Å²) >= 11 is 0. The van der Waals surface area contributed by atoms with Gasteiger partial charge in [0.25, 0.3) is 0 Å². The highest BCUT2D eigenvalue weighted by atomic mass is 16.5. The molecule has 0 aromatic heterocycles. The second kappa shape index (κ2) is 8.71. The number of carbonyl (C=O) groups excluding carboxylic acids is 1. The molecule has 2 fully saturated rings. The molecule has 2 heterocycles. The van der Waals surface area contributed by atoms with Crippen LogP contribution in [0.15, 0.2) is 0 Å². The Morgan fingerprint density at radius 3 is 2.76 bits per heavy atom. The van der Waals surface area contributed by atoms with Crippen molar-refractivity contribution in [2.24, 2.45) is 5.92 Å². The largest absolute Gasteiger partial charge is 0.379 e. The molecule has 2 saturated heterocycles. The van der Waals surface area contributed by atoms with Crippen LogP contribution in [-0.2, 0) is 9.53 Å². The number of hydrogen-bond donors (Lipinski definition) is 2. The summed E-state index contributed by atoms with van der Waals surface area (Å²) in [6, 6.07) is 0.384. The highest BCUT2D eigenvalue weighted by Crippen LogP contribution is 2.15. The van der Waals surface area contributed by atoms with Crippen molar-refractivity contribution < 1.29 is 9.53 Å². The normalized spacial score (nSPS) is 28.5. The predicted octanol–water partition coefficient (Wildman–Crippen LogP) is 0.992. The zero-order valence-electron chi connectivity index (χ0n) is 13.6. The summed E-state index contributed by atoms with van der Waals surface area (Å²) in [6.45, 7) is 9.70. The lowest BCUT2D eigenvalue weighted by Crippen LogP contribution is -2.49. The average molecular weight is 297 g/mol. The Balaban J connectivity index is 1.74. The molecule has 2 aliphatic heterocycles. The number of amides is 1. The van der Waals surface area contributed by atoms with Gasteiger partial charge < -0.3 is 20.3 Å². The lowest BCUT2D eigenvalue weighted by Gasteiger charge is -2.30. The molecule has 0 aromatic carbocycles. The third-order valence-electron chi connectivity index (χ3n) is 4.44. The van der Waals surface area contributed by atoms with Crippen LogP contribution in [0.4, 0.5) is 0 Å². The molecule has 2 N–H and O–H groups in total. The summed E-state index contributed by atoms with van der Waals surface area (Å²) in [5, 5.41) is 6.60. The average Bonchev–Trinajstić information content (AvgIpc) is 2.94. The van der Waals surface area contributed by atoms with Gasteiger partial charge in [0, 0.05) is 18.6 Å². The Bertz CT molecular complexity index is 319. The fraction of sp³-hybridized carbons (Fsp3) is 0.938. The molecule has 3 atom stereocenters. The molecule has 0 aromatic rings. The Hall–Kier alpha value is -0.650. The van der Waals surface area contributed by atoms with Crippen molar-refractivity contribution in [2.75, 3.05) is 39.4 Å². The minimum absolute atomic E-state index is 0.0413. The standard InChI is InChI=1S/C16H31N3O2/c1-3-7-17-15-12-21-11-14(15)16(20)18-13(2)10-19-8-5-4-6-9-19/h13-15,17H,3-12H2,1-2H3,(H,18,20). The quantitative estimate of drug-likeness (QED) is 0.736. The van der Waals surface area contributed by atoms with Crippen LogP contribution in [0.1, 0.15) is 39.5 Å². The maximum atomic E-state index is 12.4. The fourth-order valence-electron chi connectivity index (χ4n) is 3.27. The van der Waals surface area contributed by atoms with Crippen LogP contribution >= 0.6 is 0 Å². The zero-order valence-corrected chi connectivity index (χ0v) is 13.6. The maximum absolute atomic E-state index is 12.4. The summed E-state index contributed by atoms with van der Waals surface area (Å²) in [4.78, 5) is 14.9. The lowest BCUT2D eigenvalue weighted by atomic mass is 10.0. The Morgan fingerprint density at radius 2 is 2.05 bits per heavy atom. The van der Waals surface area contributed by atoms with Gasteiger partial charge in [0.1, 0.15) is 0 Å². The van der Waals surface area contributed by atoms with Crippen LogP contribution in [0.3, 0.4) is 0 Å². The summed E-state index contributed by atoms with van der Waals surface area (Å²) in [5.74, 6) is 0.103. The molecular weight excluding hydrogens is 266 g/mol. The molecule has 0 spiro atoms. The second-order valence-electron chi connectivity index (χ2n) is 6.48. The van der Waals surface area contributed by atoms with Crippen molar-refractivity contribution in [2.45, 2.75) is 51.6 Å². The Morgan fingerprint density at radius 1 is 1.29 bits per heavy atom. The van der Waals surface area contributed by atoms with Crippen molar-refractivity contribution in [3.05, 3.63) is 0 Å². The summed E-state index contributed by atoms with van der Waals surface area (Å²) < 4.78 is 5.49. The molecule has 0 radical (unpaired) electrons. The van der Waals surface area contributed by atoms with E-state index in [0.717, 1.165) is 19.5 Å². The number of hydrogen-bond acceptors (Lipinski definition) is 4. The second-order valence-corrected chi connectivity index (χ2v) is 6.48. The van der Waals surface area contributed by atoms with E-state index in [4.69, 9.17) is 4.74 Å². The number of carbonyl (C=O) groups is 1. The van der Waals surface area contributed by atoms with Crippen LogP contribution in [0.25, 0.3) is 0 Å². The Kier molecular flexibility index (Phi) is 6.93. The molecule has 21 heavy (non-hydrogen) atoms. The predicted molar refractivity (Wildman–Crippen MR) is 84.3 cm³/mol. The first-order valence-corrected chi connectivity index (χ1v) is 8.54. The number of nitrogens with one attached hydrogen (secondary N) is 2. The molecule has 0 saturated carbocycles. The van der Waals surface area contributed by atoms with E-state index < -0.39 is 0 Å². The van der Waals surface area contributed by atoms with Gasteiger partial charge >= 0.3 is 0 Å². The van der Waals surface area contributed by atoms with E-state index in [-0.39, 0.29) is 23.9 Å². The van der Waals surface area contributed by atoms with Crippen molar-refractivity contribution in [1.82, 2.24) is 15.5 Å². The summed E-state index contributed by atoms with van der Waals surface area (Å²) in [7, 11) is 0. The van der Waals surface area contributed by atoms with E-state index >= 15 is 0 Å². The first-order valence-electron chi connectivity index (χ1n) is 8.54. The van der Waals surface area contributed by atoms with Crippen molar-refractivity contribution in [3.63, 3.8) is 0 Å². The molecular formula is C16H31N3O2. The number of piperidine rings is 1. The Labute approximate surface area is 128 Å². The van der Waals surface area contributed by atoms with E-state index in [0.29, 0.717) is 13.2 Å². The maximum Gasteiger partial charge on any atom is 0.227 e. The third-order valence-corrected chi connectivity index (χ3v) is 4.44. The van der Waals surface area contributed by atoms with Gasteiger partial charge in [-0.3, -0.25) is 4.79 Å². The van der Waals surface area contributed by atoms with Crippen molar-refractivity contribution in [3.8, 4) is 0 Å². The van der Waals surface area contributed by atoms with E-state index in [2.05, 4.69) is 29.4 Å². The van der Waals surface area contributed by atoms with E-state index in [1.54, 1.807) is 0 Å². The van der Waals surface area contributed by atoms with Crippen LogP contribution in [0, 0.1) is 5.92 Å². The SMILES string of the molecule is CCCNC1COCC1C(=O)NC(C)CN1CCCCC1. The molecule has 0 aliphatic carbocycles. The van der Waals surface area contributed by atoms with E-state index in [1.807, 2.05) is 0 Å². The van der Waals surface area contributed by atoms with Gasteiger partial charge in [0.05, 0.1) is 19.1 Å². The van der Waals surface area contributed by atoms with Crippen LogP contribution in [0.2, 0.25) is 0 Å². The first-order chi connectivity index (χ1) is 10.2. The van der Waals surface area contributed by atoms with Gasteiger partial charge in [-0.2, -0.15) is 0 Å². The molecule has 2 aliphatic rings. The van der Waals surface area contributed by atoms with Gasteiger partial charge in [-0.05, 0) is 45.8 Å². The molecule has 5 nitrogen and oxygen atoms in total. The number of ether oxygens (including phenoxy) is 1. The third kappa shape index (κ3) is 5.24. The molecule has 5 heteroatoms. The lowest BCUT2D eigenvalue weighted by molar-refractivity contribution is -0.126. The minimum atomic E-state index is -0.0413. The monoisotopic (exact) mass is 297 g/mol. The zero-order chi connectivity index (χ0) is 15.1. The van der Waals surface area contributed by atoms with Crippen LogP contribution in [-0.4, -0.2) is 62.3 Å². The first kappa shape index (κ1) is 16.7. The molecule has 122 valence electrons. The van der Waals surface area contributed by atoms with E-state index in [9.17, 15) is 4.79 Å². The summed E-state index contributed by atoms with van der Waals surface area (Å²) in [5.41, 5.74) is 0. The van der Waals surface area contributed by atoms with Gasteiger partial charge in [-0.15, -0.1) is 0 Å². The molecule has 0 bridgehead atoms. The fourth-order valence-corrected chi connectivity index (χ4v) is 3.27. The molecule has 3 unspecified atom stereocenters. The minimum Gasteiger partial charge on any atom is -0.379 e. The van der Waals surface area contributed by atoms with Crippen molar-refractivity contribution >= 4 is 5.91 Å². The smallest absolute Gasteiger partial charge is 0.227 e. The van der Waals surface area contributed by atoms with Crippen molar-refractivity contribution in [1.29, 1.82) is 0 Å². The number of likely N-dealkylation sites (tertiary alicyclic amines) is 1. The topological polar surface area (TPSA) is 53.6 Å². The van der Waals surface area contributed by atoms with Crippen LogP contribution < -0.4 is 10.6 Å². The number of rotatable bonds is 7. The van der Waals surface area contributed by atoms with Gasteiger partial charge in [0.15, 0.2) is 0 Å². The van der Waals surface area contributed by atoms with E-state index in [1.165, 1.54) is 32.4 Å². The van der Waals surface area contributed by atoms with Gasteiger partial charge in [-0.1, -0.05) is 13.3 Å². The van der Waals surface area contributed by atoms with Gasteiger partial charge in [0.2, 0.25) is 5.91 Å². The van der Waals surface area contributed by atoms with Crippen LogP contribution in [0.5, 0.6) is 0 Å². The molecule has 1 amide bonds.